The molecule has 0 radical (unpaired) electrons. The van der Waals surface area contributed by atoms with Crippen molar-refractivity contribution in [3.63, 3.8) is 0 Å². The van der Waals surface area contributed by atoms with E-state index in [0.717, 1.165) is 29.8 Å². The number of aryl methyl sites for hydroxylation is 1. The van der Waals surface area contributed by atoms with Crippen molar-refractivity contribution in [2.24, 2.45) is 0 Å². The Bertz CT molecular complexity index is 1880. The molecule has 0 aliphatic rings. The van der Waals surface area contributed by atoms with Gasteiger partial charge in [0.05, 0.1) is 20.8 Å². The normalized spacial score (nSPS) is 12.2. The summed E-state index contributed by atoms with van der Waals surface area (Å²) >= 11 is 0. The molecular formula is C26H21FN4O4S2. The molecule has 3 aromatic carbocycles. The number of sulfonamides is 1. The van der Waals surface area contributed by atoms with E-state index in [1.54, 1.807) is 36.4 Å². The van der Waals surface area contributed by atoms with Gasteiger partial charge in [-0.1, -0.05) is 35.9 Å². The van der Waals surface area contributed by atoms with E-state index < -0.39 is 25.7 Å². The Morgan fingerprint density at radius 2 is 1.49 bits per heavy atom. The standard InChI is InChI=1S/C26H21FN4O4S2/c1-3-16-31-25-23(28-21-6-4-5-7-22(21)29-25)24(36(32,33)19-12-8-17(2)9-13-19)26(31)30-37(34,35)20-14-10-18(27)11-15-20/h3-15,30H,1,16H2,2H3. The summed E-state index contributed by atoms with van der Waals surface area (Å²) in [5.74, 6) is -0.849. The number of nitrogens with zero attached hydrogens (tertiary/aromatic N) is 3. The van der Waals surface area contributed by atoms with Gasteiger partial charge in [-0.05, 0) is 55.5 Å². The summed E-state index contributed by atoms with van der Waals surface area (Å²) in [6, 6.07) is 17.3. The highest BCUT2D eigenvalue weighted by Crippen LogP contribution is 2.38. The van der Waals surface area contributed by atoms with Gasteiger partial charge in [-0.15, -0.1) is 6.58 Å². The maximum absolute atomic E-state index is 14.0. The lowest BCUT2D eigenvalue weighted by Crippen LogP contribution is -2.18. The fourth-order valence-electron chi connectivity index (χ4n) is 3.97. The first-order chi connectivity index (χ1) is 17.6. The minimum absolute atomic E-state index is 0.0120. The van der Waals surface area contributed by atoms with Gasteiger partial charge in [0.1, 0.15) is 22.0 Å². The number of hydrogen-bond acceptors (Lipinski definition) is 6. The van der Waals surface area contributed by atoms with Crippen LogP contribution in [0.4, 0.5) is 10.2 Å². The molecule has 0 spiro atoms. The van der Waals surface area contributed by atoms with Crippen LogP contribution in [0, 0.1) is 12.7 Å². The van der Waals surface area contributed by atoms with Crippen LogP contribution in [-0.2, 0) is 26.4 Å². The Morgan fingerprint density at radius 1 is 0.892 bits per heavy atom. The first-order valence-corrected chi connectivity index (χ1v) is 14.1. The molecular weight excluding hydrogens is 515 g/mol. The van der Waals surface area contributed by atoms with E-state index >= 15 is 0 Å². The molecule has 0 fully saturated rings. The van der Waals surface area contributed by atoms with Gasteiger partial charge >= 0.3 is 0 Å². The third-order valence-corrected chi connectivity index (χ3v) is 8.95. The van der Waals surface area contributed by atoms with Crippen molar-refractivity contribution in [1.82, 2.24) is 14.5 Å². The van der Waals surface area contributed by atoms with E-state index in [4.69, 9.17) is 0 Å². The second kappa shape index (κ2) is 9.09. The van der Waals surface area contributed by atoms with Crippen molar-refractivity contribution in [2.75, 3.05) is 4.72 Å². The van der Waals surface area contributed by atoms with Crippen LogP contribution < -0.4 is 4.72 Å². The second-order valence-electron chi connectivity index (χ2n) is 8.34. The molecule has 11 heteroatoms. The Labute approximate surface area is 213 Å². The average Bonchev–Trinajstić information content (AvgIpc) is 3.15. The van der Waals surface area contributed by atoms with Crippen LogP contribution in [0.15, 0.2) is 100 Å². The first kappa shape index (κ1) is 24.6. The Hall–Kier alpha value is -4.09. The van der Waals surface area contributed by atoms with Crippen LogP contribution in [0.2, 0.25) is 0 Å². The van der Waals surface area contributed by atoms with Gasteiger partial charge in [-0.3, -0.25) is 4.72 Å². The summed E-state index contributed by atoms with van der Waals surface area (Å²) < 4.78 is 72.0. The summed E-state index contributed by atoms with van der Waals surface area (Å²) in [6.45, 7) is 5.59. The lowest BCUT2D eigenvalue weighted by Gasteiger charge is -2.13. The number of allylic oxidation sites excluding steroid dienone is 1. The molecule has 0 atom stereocenters. The second-order valence-corrected chi connectivity index (χ2v) is 11.9. The molecule has 0 amide bonds. The molecule has 0 aliphatic heterocycles. The number of nitrogens with one attached hydrogen (secondary N) is 1. The molecule has 0 saturated heterocycles. The predicted molar refractivity (Wildman–Crippen MR) is 139 cm³/mol. The molecule has 0 aliphatic carbocycles. The Kier molecular flexibility index (Phi) is 6.04. The highest BCUT2D eigenvalue weighted by molar-refractivity contribution is 7.93. The summed E-state index contributed by atoms with van der Waals surface area (Å²) in [4.78, 5) is 8.59. The number of halogens is 1. The van der Waals surface area contributed by atoms with E-state index in [-0.39, 0.29) is 38.2 Å². The summed E-state index contributed by atoms with van der Waals surface area (Å²) in [6.07, 6.45) is 1.49. The topological polar surface area (TPSA) is 111 Å². The van der Waals surface area contributed by atoms with E-state index in [0.29, 0.717) is 11.0 Å². The Morgan fingerprint density at radius 3 is 2.11 bits per heavy atom. The van der Waals surface area contributed by atoms with Gasteiger partial charge in [0, 0.05) is 6.54 Å². The zero-order chi connectivity index (χ0) is 26.4. The number of hydrogen-bond donors (Lipinski definition) is 1. The van der Waals surface area contributed by atoms with Crippen LogP contribution in [0.5, 0.6) is 0 Å². The molecule has 5 aromatic rings. The van der Waals surface area contributed by atoms with Crippen molar-refractivity contribution in [2.45, 2.75) is 28.2 Å². The third-order valence-electron chi connectivity index (χ3n) is 5.77. The van der Waals surface area contributed by atoms with Crippen LogP contribution >= 0.6 is 0 Å². The lowest BCUT2D eigenvalue weighted by molar-refractivity contribution is 0.596. The fourth-order valence-corrected chi connectivity index (χ4v) is 6.65. The van der Waals surface area contributed by atoms with Gasteiger partial charge in [-0.25, -0.2) is 31.2 Å². The minimum Gasteiger partial charge on any atom is -0.305 e. The number of anilines is 1. The molecule has 2 heterocycles. The Balaban J connectivity index is 1.86. The van der Waals surface area contributed by atoms with Gasteiger partial charge in [0.25, 0.3) is 10.0 Å². The molecule has 37 heavy (non-hydrogen) atoms. The first-order valence-electron chi connectivity index (χ1n) is 11.1. The highest BCUT2D eigenvalue weighted by atomic mass is 32.2. The number of para-hydroxylation sites is 2. The molecule has 5 rings (SSSR count). The highest BCUT2D eigenvalue weighted by Gasteiger charge is 2.33. The largest absolute Gasteiger partial charge is 0.305 e. The van der Waals surface area contributed by atoms with Crippen LogP contribution in [0.3, 0.4) is 0 Å². The van der Waals surface area contributed by atoms with Crippen molar-refractivity contribution in [3.05, 3.63) is 96.8 Å². The molecule has 8 nitrogen and oxygen atoms in total. The van der Waals surface area contributed by atoms with Gasteiger partial charge < -0.3 is 4.57 Å². The summed E-state index contributed by atoms with van der Waals surface area (Å²) in [7, 11) is -8.61. The van der Waals surface area contributed by atoms with Crippen molar-refractivity contribution >= 4 is 47.9 Å². The SMILES string of the molecule is C=CCn1c(NS(=O)(=O)c2ccc(F)cc2)c(S(=O)(=O)c2ccc(C)cc2)c2nc3ccccc3nc21. The average molecular weight is 537 g/mol. The smallest absolute Gasteiger partial charge is 0.263 e. The molecule has 0 unspecified atom stereocenters. The molecule has 0 bridgehead atoms. The minimum atomic E-state index is -4.33. The molecule has 0 saturated carbocycles. The van der Waals surface area contributed by atoms with E-state index in [9.17, 15) is 21.2 Å². The van der Waals surface area contributed by atoms with Crippen molar-refractivity contribution in [1.29, 1.82) is 0 Å². The fraction of sp³-hybridized carbons (Fsp3) is 0.0769. The molecule has 2 aromatic heterocycles. The van der Waals surface area contributed by atoms with Crippen LogP contribution in [0.1, 0.15) is 5.56 Å². The number of fused-ring (bicyclic) bond motifs is 2. The number of rotatable bonds is 7. The predicted octanol–water partition coefficient (Wildman–Crippen LogP) is 4.85. The van der Waals surface area contributed by atoms with E-state index in [2.05, 4.69) is 21.3 Å². The monoisotopic (exact) mass is 536 g/mol. The number of sulfone groups is 1. The van der Waals surface area contributed by atoms with Crippen LogP contribution in [-0.4, -0.2) is 31.4 Å². The maximum Gasteiger partial charge on any atom is 0.263 e. The van der Waals surface area contributed by atoms with Crippen LogP contribution in [0.25, 0.3) is 22.2 Å². The van der Waals surface area contributed by atoms with Gasteiger partial charge in [-0.2, -0.15) is 0 Å². The quantitative estimate of drug-likeness (QED) is 0.298. The summed E-state index contributed by atoms with van der Waals surface area (Å²) in [5.41, 5.74) is 1.99. The third kappa shape index (κ3) is 4.36. The summed E-state index contributed by atoms with van der Waals surface area (Å²) in [5, 5.41) is 0. The van der Waals surface area contributed by atoms with E-state index in [1.807, 2.05) is 6.92 Å². The maximum atomic E-state index is 14.0. The zero-order valence-electron chi connectivity index (χ0n) is 19.6. The lowest BCUT2D eigenvalue weighted by atomic mass is 10.2. The molecule has 188 valence electrons. The molecule has 1 N–H and O–H groups in total. The van der Waals surface area contributed by atoms with Crippen molar-refractivity contribution < 1.29 is 21.2 Å². The van der Waals surface area contributed by atoms with Gasteiger partial charge in [0.15, 0.2) is 5.65 Å². The zero-order valence-corrected chi connectivity index (χ0v) is 21.2. The van der Waals surface area contributed by atoms with E-state index in [1.165, 1.54) is 22.8 Å². The van der Waals surface area contributed by atoms with Gasteiger partial charge in [0.2, 0.25) is 9.84 Å². The number of aromatic nitrogens is 3. The number of benzene rings is 3. The van der Waals surface area contributed by atoms with Crippen molar-refractivity contribution in [3.8, 4) is 0 Å².